The molecule has 116 valence electrons. The van der Waals surface area contributed by atoms with Gasteiger partial charge in [-0.25, -0.2) is 0 Å². The van der Waals surface area contributed by atoms with Crippen LogP contribution in [0.5, 0.6) is 0 Å². The molecule has 4 heterocycles. The van der Waals surface area contributed by atoms with Crippen LogP contribution in [0.4, 0.5) is 0 Å². The van der Waals surface area contributed by atoms with Gasteiger partial charge in [-0.05, 0) is 18.8 Å². The van der Waals surface area contributed by atoms with E-state index in [0.717, 1.165) is 31.5 Å². The lowest BCUT2D eigenvalue weighted by molar-refractivity contribution is 0.0173. The molecule has 0 amide bonds. The Labute approximate surface area is 139 Å². The highest BCUT2D eigenvalue weighted by atomic mass is 127. The minimum absolute atomic E-state index is 0. The summed E-state index contributed by atoms with van der Waals surface area (Å²) < 4.78 is 0. The number of nitrogens with zero attached hydrogens (tertiary/aromatic N) is 4. The van der Waals surface area contributed by atoms with Crippen molar-refractivity contribution in [3.63, 3.8) is 0 Å². The molecule has 0 spiro atoms. The summed E-state index contributed by atoms with van der Waals surface area (Å²) in [5.74, 6) is 1.52. The zero-order valence-electron chi connectivity index (χ0n) is 12.5. The Bertz CT molecular complexity index is 340. The number of aliphatic imine (C=N–C) groups is 1. The molecule has 4 aliphatic heterocycles. The number of fused-ring (bicyclic) bond motifs is 3. The number of halogens is 1. The van der Waals surface area contributed by atoms with Crippen LogP contribution in [0.25, 0.3) is 0 Å². The predicted octanol–water partition coefficient (Wildman–Crippen LogP) is 0.651. The largest absolute Gasteiger partial charge is 0.370 e. The van der Waals surface area contributed by atoms with Crippen LogP contribution < -0.4 is 5.73 Å². The van der Waals surface area contributed by atoms with Crippen molar-refractivity contribution in [2.75, 3.05) is 52.4 Å². The lowest BCUT2D eigenvalue weighted by Gasteiger charge is -2.47. The fourth-order valence-corrected chi connectivity index (χ4v) is 3.59. The first-order chi connectivity index (χ1) is 9.22. The van der Waals surface area contributed by atoms with Crippen LogP contribution in [0.15, 0.2) is 4.99 Å². The van der Waals surface area contributed by atoms with Crippen molar-refractivity contribution >= 4 is 29.9 Å². The van der Waals surface area contributed by atoms with Crippen molar-refractivity contribution in [3.8, 4) is 0 Å². The molecule has 4 saturated heterocycles. The Morgan fingerprint density at radius 2 is 1.90 bits per heavy atom. The van der Waals surface area contributed by atoms with E-state index >= 15 is 0 Å². The molecule has 0 aromatic heterocycles. The zero-order chi connectivity index (χ0) is 13.2. The molecule has 0 aliphatic carbocycles. The molecule has 0 saturated carbocycles. The SMILES string of the molecule is CC1CCCN(C(N)=NCC2CN3CCN2CC3)C1.I. The van der Waals surface area contributed by atoms with E-state index in [2.05, 4.69) is 26.6 Å². The van der Waals surface area contributed by atoms with Gasteiger partial charge in [-0.3, -0.25) is 14.8 Å². The standard InChI is InChI=1S/C14H27N5.HI/c1-12-3-2-4-19(10-12)14(15)16-9-13-11-17-5-7-18(13)8-6-17;/h12-13H,2-11H2,1H3,(H2,15,16);1H. The first kappa shape index (κ1) is 16.3. The van der Waals surface area contributed by atoms with Crippen molar-refractivity contribution in [1.29, 1.82) is 0 Å². The molecule has 2 unspecified atom stereocenters. The first-order valence-corrected chi connectivity index (χ1v) is 7.73. The molecular formula is C14H28IN5. The highest BCUT2D eigenvalue weighted by Gasteiger charge is 2.31. The second kappa shape index (κ2) is 7.26. The van der Waals surface area contributed by atoms with Crippen molar-refractivity contribution in [1.82, 2.24) is 14.7 Å². The Hall–Kier alpha value is -0.0800. The Morgan fingerprint density at radius 1 is 1.15 bits per heavy atom. The van der Waals surface area contributed by atoms with Crippen molar-refractivity contribution < 1.29 is 0 Å². The third-order valence-electron chi connectivity index (χ3n) is 4.84. The maximum Gasteiger partial charge on any atom is 0.191 e. The quantitative estimate of drug-likeness (QED) is 0.425. The molecule has 6 heteroatoms. The molecule has 4 rings (SSSR count). The fourth-order valence-electron chi connectivity index (χ4n) is 3.59. The summed E-state index contributed by atoms with van der Waals surface area (Å²) in [6, 6.07) is 0.586. The molecule has 20 heavy (non-hydrogen) atoms. The molecule has 4 aliphatic rings. The van der Waals surface area contributed by atoms with E-state index in [1.807, 2.05) is 0 Å². The number of likely N-dealkylation sites (tertiary alicyclic amines) is 1. The van der Waals surface area contributed by atoms with Gasteiger partial charge in [0.05, 0.1) is 6.54 Å². The number of hydrogen-bond acceptors (Lipinski definition) is 3. The highest BCUT2D eigenvalue weighted by Crippen LogP contribution is 2.17. The van der Waals surface area contributed by atoms with Gasteiger partial charge in [0, 0.05) is 51.9 Å². The number of guanidine groups is 1. The van der Waals surface area contributed by atoms with E-state index < -0.39 is 0 Å². The summed E-state index contributed by atoms with van der Waals surface area (Å²) in [6.07, 6.45) is 2.58. The molecule has 2 N–H and O–H groups in total. The van der Waals surface area contributed by atoms with Gasteiger partial charge in [-0.2, -0.15) is 0 Å². The highest BCUT2D eigenvalue weighted by molar-refractivity contribution is 14.0. The lowest BCUT2D eigenvalue weighted by atomic mass is 10.0. The van der Waals surface area contributed by atoms with Crippen molar-refractivity contribution in [2.24, 2.45) is 16.6 Å². The summed E-state index contributed by atoms with van der Waals surface area (Å²) >= 11 is 0. The summed E-state index contributed by atoms with van der Waals surface area (Å²) in [5.41, 5.74) is 6.17. The second-order valence-corrected chi connectivity index (χ2v) is 6.38. The molecular weight excluding hydrogens is 365 g/mol. The summed E-state index contributed by atoms with van der Waals surface area (Å²) in [7, 11) is 0. The number of nitrogens with two attached hydrogens (primary N) is 1. The molecule has 4 fully saturated rings. The third-order valence-corrected chi connectivity index (χ3v) is 4.84. The first-order valence-electron chi connectivity index (χ1n) is 7.73. The normalized spacial score (nSPS) is 37.6. The van der Waals surface area contributed by atoms with Gasteiger partial charge in [0.1, 0.15) is 0 Å². The van der Waals surface area contributed by atoms with Gasteiger partial charge >= 0.3 is 0 Å². The van der Waals surface area contributed by atoms with Crippen LogP contribution in [-0.2, 0) is 0 Å². The Morgan fingerprint density at radius 3 is 2.50 bits per heavy atom. The van der Waals surface area contributed by atoms with Crippen LogP contribution >= 0.6 is 24.0 Å². The van der Waals surface area contributed by atoms with E-state index in [-0.39, 0.29) is 24.0 Å². The monoisotopic (exact) mass is 393 g/mol. The molecule has 5 nitrogen and oxygen atoms in total. The smallest absolute Gasteiger partial charge is 0.191 e. The number of hydrogen-bond donors (Lipinski definition) is 1. The Balaban J connectivity index is 0.00000147. The number of piperazine rings is 3. The minimum Gasteiger partial charge on any atom is -0.370 e. The molecule has 0 radical (unpaired) electrons. The van der Waals surface area contributed by atoms with E-state index in [0.29, 0.717) is 6.04 Å². The fraction of sp³-hybridized carbons (Fsp3) is 0.929. The summed E-state index contributed by atoms with van der Waals surface area (Å²) in [4.78, 5) is 12.1. The van der Waals surface area contributed by atoms with Crippen LogP contribution in [0, 0.1) is 5.92 Å². The van der Waals surface area contributed by atoms with E-state index in [9.17, 15) is 0 Å². The van der Waals surface area contributed by atoms with Crippen LogP contribution in [0.1, 0.15) is 19.8 Å². The van der Waals surface area contributed by atoms with Gasteiger partial charge in [-0.15, -0.1) is 24.0 Å². The molecule has 2 atom stereocenters. The van der Waals surface area contributed by atoms with Crippen molar-refractivity contribution in [2.45, 2.75) is 25.8 Å². The van der Waals surface area contributed by atoms with Crippen LogP contribution in [0.2, 0.25) is 0 Å². The molecule has 0 aromatic rings. The van der Waals surface area contributed by atoms with E-state index in [4.69, 9.17) is 5.73 Å². The molecule has 2 bridgehead atoms. The summed E-state index contributed by atoms with van der Waals surface area (Å²) in [6.45, 7) is 11.4. The third kappa shape index (κ3) is 3.76. The maximum absolute atomic E-state index is 6.17. The maximum atomic E-state index is 6.17. The topological polar surface area (TPSA) is 48.1 Å². The second-order valence-electron chi connectivity index (χ2n) is 6.38. The van der Waals surface area contributed by atoms with Gasteiger partial charge in [0.25, 0.3) is 0 Å². The van der Waals surface area contributed by atoms with Gasteiger partial charge in [-0.1, -0.05) is 6.92 Å². The lowest BCUT2D eigenvalue weighted by Crippen LogP contribution is -2.62. The van der Waals surface area contributed by atoms with Crippen LogP contribution in [-0.4, -0.2) is 79.1 Å². The average molecular weight is 393 g/mol. The van der Waals surface area contributed by atoms with Gasteiger partial charge < -0.3 is 10.6 Å². The average Bonchev–Trinajstić information content (AvgIpc) is 2.46. The minimum atomic E-state index is 0. The van der Waals surface area contributed by atoms with Gasteiger partial charge in [0.15, 0.2) is 5.96 Å². The summed E-state index contributed by atoms with van der Waals surface area (Å²) in [5, 5.41) is 0. The van der Waals surface area contributed by atoms with E-state index in [1.165, 1.54) is 45.6 Å². The predicted molar refractivity (Wildman–Crippen MR) is 93.7 cm³/mol. The van der Waals surface area contributed by atoms with E-state index in [1.54, 1.807) is 0 Å². The Kier molecular flexibility index (Phi) is 5.92. The number of rotatable bonds is 2. The van der Waals surface area contributed by atoms with Crippen LogP contribution in [0.3, 0.4) is 0 Å². The zero-order valence-corrected chi connectivity index (χ0v) is 14.8. The number of piperidine rings is 1. The molecule has 0 aromatic carbocycles. The van der Waals surface area contributed by atoms with Crippen molar-refractivity contribution in [3.05, 3.63) is 0 Å². The van der Waals surface area contributed by atoms with Gasteiger partial charge in [0.2, 0.25) is 0 Å².